The monoisotopic (exact) mass is 310 g/mol. The SMILES string of the molecule is CC(C)C[C@H](OC(=O)c1ccc2nncn2c1)c1ccccn1. The molecule has 3 heterocycles. The largest absolute Gasteiger partial charge is 0.452 e. The van der Waals surface area contributed by atoms with Crippen LogP contribution >= 0.6 is 0 Å². The zero-order valence-corrected chi connectivity index (χ0v) is 13.1. The van der Waals surface area contributed by atoms with Crippen molar-refractivity contribution in [1.82, 2.24) is 19.6 Å². The number of carbonyl (C=O) groups is 1. The molecule has 6 nitrogen and oxygen atoms in total. The minimum absolute atomic E-state index is 0.361. The van der Waals surface area contributed by atoms with Crippen molar-refractivity contribution in [2.45, 2.75) is 26.4 Å². The molecule has 1 atom stereocenters. The summed E-state index contributed by atoms with van der Waals surface area (Å²) in [4.78, 5) is 16.8. The van der Waals surface area contributed by atoms with Gasteiger partial charge in [0.05, 0.1) is 11.3 Å². The summed E-state index contributed by atoms with van der Waals surface area (Å²) < 4.78 is 7.39. The quantitative estimate of drug-likeness (QED) is 0.677. The Labute approximate surface area is 134 Å². The molecule has 0 N–H and O–H groups in total. The molecular weight excluding hydrogens is 292 g/mol. The summed E-state index contributed by atoms with van der Waals surface area (Å²) in [5, 5.41) is 7.72. The summed E-state index contributed by atoms with van der Waals surface area (Å²) in [5.41, 5.74) is 1.91. The number of ether oxygens (including phenoxy) is 1. The predicted octanol–water partition coefficient (Wildman–Crippen LogP) is 3.07. The van der Waals surface area contributed by atoms with E-state index in [-0.39, 0.29) is 12.1 Å². The van der Waals surface area contributed by atoms with Crippen molar-refractivity contribution in [2.75, 3.05) is 0 Å². The summed E-state index contributed by atoms with van der Waals surface area (Å²) >= 11 is 0. The van der Waals surface area contributed by atoms with Crippen LogP contribution in [0.25, 0.3) is 5.65 Å². The lowest BCUT2D eigenvalue weighted by Crippen LogP contribution is -2.15. The first-order valence-electron chi connectivity index (χ1n) is 7.55. The molecule has 0 aliphatic heterocycles. The zero-order chi connectivity index (χ0) is 16.2. The van der Waals surface area contributed by atoms with E-state index in [4.69, 9.17) is 4.74 Å². The van der Waals surface area contributed by atoms with Crippen LogP contribution in [0.1, 0.15) is 42.4 Å². The number of hydrogen-bond donors (Lipinski definition) is 0. The van der Waals surface area contributed by atoms with Gasteiger partial charge < -0.3 is 4.74 Å². The molecule has 118 valence electrons. The Hall–Kier alpha value is -2.76. The first kappa shape index (κ1) is 15.1. The second kappa shape index (κ2) is 6.56. The van der Waals surface area contributed by atoms with Crippen LogP contribution in [0, 0.1) is 5.92 Å². The Morgan fingerprint density at radius 2 is 2.13 bits per heavy atom. The van der Waals surface area contributed by atoms with Crippen LogP contribution in [0.15, 0.2) is 49.1 Å². The van der Waals surface area contributed by atoms with Gasteiger partial charge >= 0.3 is 5.97 Å². The maximum Gasteiger partial charge on any atom is 0.340 e. The molecule has 0 unspecified atom stereocenters. The van der Waals surface area contributed by atoms with Crippen molar-refractivity contribution >= 4 is 11.6 Å². The molecule has 0 bridgehead atoms. The van der Waals surface area contributed by atoms with Crippen LogP contribution in [0.2, 0.25) is 0 Å². The normalized spacial score (nSPS) is 12.5. The zero-order valence-electron chi connectivity index (χ0n) is 13.1. The second-order valence-corrected chi connectivity index (χ2v) is 5.79. The third-order valence-electron chi connectivity index (χ3n) is 3.48. The van der Waals surface area contributed by atoms with Gasteiger partial charge in [-0.05, 0) is 36.6 Å². The van der Waals surface area contributed by atoms with Crippen LogP contribution in [0.4, 0.5) is 0 Å². The Kier molecular flexibility index (Phi) is 4.32. The van der Waals surface area contributed by atoms with Crippen LogP contribution in [0.5, 0.6) is 0 Å². The van der Waals surface area contributed by atoms with E-state index in [2.05, 4.69) is 29.0 Å². The molecule has 0 fully saturated rings. The lowest BCUT2D eigenvalue weighted by Gasteiger charge is -2.19. The smallest absolute Gasteiger partial charge is 0.340 e. The van der Waals surface area contributed by atoms with Crippen LogP contribution in [0.3, 0.4) is 0 Å². The highest BCUT2D eigenvalue weighted by Crippen LogP contribution is 2.24. The molecule has 0 saturated heterocycles. The molecule has 0 radical (unpaired) electrons. The first-order valence-corrected chi connectivity index (χ1v) is 7.55. The number of hydrogen-bond acceptors (Lipinski definition) is 5. The average Bonchev–Trinajstić information content (AvgIpc) is 3.02. The number of rotatable bonds is 5. The number of fused-ring (bicyclic) bond motifs is 1. The second-order valence-electron chi connectivity index (χ2n) is 5.79. The van der Waals surface area contributed by atoms with Crippen molar-refractivity contribution in [3.63, 3.8) is 0 Å². The number of nitrogens with zero attached hydrogens (tertiary/aromatic N) is 4. The Morgan fingerprint density at radius 1 is 1.26 bits per heavy atom. The van der Waals surface area contributed by atoms with Crippen molar-refractivity contribution < 1.29 is 9.53 Å². The van der Waals surface area contributed by atoms with Crippen molar-refractivity contribution in [3.8, 4) is 0 Å². The topological polar surface area (TPSA) is 69.4 Å². The molecule has 0 aromatic carbocycles. The van der Waals surface area contributed by atoms with E-state index in [1.54, 1.807) is 35.3 Å². The van der Waals surface area contributed by atoms with E-state index >= 15 is 0 Å². The summed E-state index contributed by atoms with van der Waals surface area (Å²) in [6, 6.07) is 9.05. The maximum absolute atomic E-state index is 12.5. The third kappa shape index (κ3) is 3.53. The number of pyridine rings is 2. The standard InChI is InChI=1S/C17H18N4O2/c1-12(2)9-15(14-5-3-4-8-18-14)23-17(22)13-6-7-16-20-19-11-21(16)10-13/h3-8,10-12,15H,9H2,1-2H3/t15-/m0/s1. The van der Waals surface area contributed by atoms with Gasteiger partial charge in [0.15, 0.2) is 5.65 Å². The van der Waals surface area contributed by atoms with Crippen molar-refractivity contribution in [2.24, 2.45) is 5.92 Å². The summed E-state index contributed by atoms with van der Waals surface area (Å²) in [6.45, 7) is 4.18. The lowest BCUT2D eigenvalue weighted by molar-refractivity contribution is 0.0236. The van der Waals surface area contributed by atoms with Gasteiger partial charge in [-0.3, -0.25) is 9.38 Å². The fourth-order valence-electron chi connectivity index (χ4n) is 2.37. The molecule has 0 saturated carbocycles. The number of aromatic nitrogens is 4. The van der Waals surface area contributed by atoms with Gasteiger partial charge in [-0.1, -0.05) is 19.9 Å². The van der Waals surface area contributed by atoms with Crippen molar-refractivity contribution in [3.05, 3.63) is 60.3 Å². The lowest BCUT2D eigenvalue weighted by atomic mass is 10.0. The van der Waals surface area contributed by atoms with E-state index in [1.807, 2.05) is 18.2 Å². The van der Waals surface area contributed by atoms with E-state index in [0.717, 1.165) is 12.1 Å². The minimum Gasteiger partial charge on any atom is -0.452 e. The number of carbonyl (C=O) groups excluding carboxylic acids is 1. The van der Waals surface area contributed by atoms with Gasteiger partial charge in [-0.2, -0.15) is 0 Å². The molecule has 0 aliphatic carbocycles. The highest BCUT2D eigenvalue weighted by molar-refractivity contribution is 5.89. The Balaban J connectivity index is 1.82. The Bertz CT molecular complexity index is 798. The molecule has 3 aromatic rings. The fraction of sp³-hybridized carbons (Fsp3) is 0.294. The molecule has 23 heavy (non-hydrogen) atoms. The molecule has 0 spiro atoms. The van der Waals surface area contributed by atoms with Crippen LogP contribution in [-0.4, -0.2) is 25.6 Å². The van der Waals surface area contributed by atoms with E-state index in [9.17, 15) is 4.79 Å². The average molecular weight is 310 g/mol. The molecule has 3 rings (SSSR count). The van der Waals surface area contributed by atoms with E-state index in [1.165, 1.54) is 0 Å². The highest BCUT2D eigenvalue weighted by atomic mass is 16.5. The maximum atomic E-state index is 12.5. The van der Waals surface area contributed by atoms with E-state index in [0.29, 0.717) is 17.1 Å². The first-order chi connectivity index (χ1) is 11.1. The van der Waals surface area contributed by atoms with Crippen LogP contribution in [-0.2, 0) is 4.74 Å². The third-order valence-corrected chi connectivity index (χ3v) is 3.48. The molecule has 3 aromatic heterocycles. The van der Waals surface area contributed by atoms with Gasteiger partial charge in [-0.15, -0.1) is 10.2 Å². The summed E-state index contributed by atoms with van der Waals surface area (Å²) in [5.74, 6) is 0.00652. The molecule has 0 amide bonds. The highest BCUT2D eigenvalue weighted by Gasteiger charge is 2.20. The summed E-state index contributed by atoms with van der Waals surface area (Å²) in [7, 11) is 0. The van der Waals surface area contributed by atoms with Gasteiger partial charge in [0.25, 0.3) is 0 Å². The molecular formula is C17H18N4O2. The number of esters is 1. The molecule has 6 heteroatoms. The minimum atomic E-state index is -0.378. The van der Waals surface area contributed by atoms with Gasteiger partial charge in [0, 0.05) is 12.4 Å². The predicted molar refractivity (Wildman–Crippen MR) is 84.8 cm³/mol. The van der Waals surface area contributed by atoms with Gasteiger partial charge in [0.1, 0.15) is 12.4 Å². The van der Waals surface area contributed by atoms with Crippen LogP contribution < -0.4 is 0 Å². The van der Waals surface area contributed by atoms with Crippen molar-refractivity contribution in [1.29, 1.82) is 0 Å². The Morgan fingerprint density at radius 3 is 2.87 bits per heavy atom. The summed E-state index contributed by atoms with van der Waals surface area (Å²) in [6.07, 6.45) is 5.29. The van der Waals surface area contributed by atoms with Gasteiger partial charge in [-0.25, -0.2) is 4.79 Å². The van der Waals surface area contributed by atoms with E-state index < -0.39 is 0 Å². The van der Waals surface area contributed by atoms with Gasteiger partial charge in [0.2, 0.25) is 0 Å². The molecule has 0 aliphatic rings. The fourth-order valence-corrected chi connectivity index (χ4v) is 2.37.